The van der Waals surface area contributed by atoms with E-state index in [9.17, 15) is 19.8 Å². The van der Waals surface area contributed by atoms with Crippen molar-refractivity contribution in [2.75, 3.05) is 0 Å². The van der Waals surface area contributed by atoms with Crippen molar-refractivity contribution >= 4 is 68.7 Å². The van der Waals surface area contributed by atoms with Crippen molar-refractivity contribution in [3.63, 3.8) is 0 Å². The minimum absolute atomic E-state index is 0. The molecule has 5 heterocycles. The van der Waals surface area contributed by atoms with Crippen LogP contribution in [0.2, 0.25) is 0 Å². The van der Waals surface area contributed by atoms with Crippen molar-refractivity contribution in [3.05, 3.63) is 69.3 Å². The molecule has 3 aromatic heterocycles. The van der Waals surface area contributed by atoms with Gasteiger partial charge in [-0.15, -0.1) is 23.4 Å². The first kappa shape index (κ1) is 34.8. The number of aromatic amines is 1. The van der Waals surface area contributed by atoms with Crippen LogP contribution >= 0.6 is 12.4 Å². The predicted octanol–water partition coefficient (Wildman–Crippen LogP) is 5.03. The third-order valence-corrected chi connectivity index (χ3v) is 8.59. The van der Waals surface area contributed by atoms with Gasteiger partial charge >= 0.3 is 17.1 Å². The molecule has 1 radical (unpaired) electrons. The number of rotatable bonds is 8. The molecule has 44 heavy (non-hydrogen) atoms. The Labute approximate surface area is 274 Å². The van der Waals surface area contributed by atoms with Crippen LogP contribution in [0.25, 0.3) is 44.4 Å². The summed E-state index contributed by atoms with van der Waals surface area (Å²) in [7, 11) is 0. The summed E-state index contributed by atoms with van der Waals surface area (Å²) in [5, 5.41) is 22.8. The van der Waals surface area contributed by atoms with Gasteiger partial charge in [-0.25, -0.2) is 9.97 Å². The van der Waals surface area contributed by atoms with Gasteiger partial charge in [-0.1, -0.05) is 37.1 Å². The van der Waals surface area contributed by atoms with Gasteiger partial charge in [-0.05, 0) is 112 Å². The summed E-state index contributed by atoms with van der Waals surface area (Å²) >= 11 is 0. The maximum atomic E-state index is 11.4. The standard InChI is InChI=1S/C34H38N4O4.ClH.Fe/c1-7-21-17(3)25-13-26-19(5)23(9-11-33(39)40)31(37-26)16-32-24(10-12-34(41)42)20(6)28(38-32)15-30-22(8-2)18(4)27(36-30)14-29(21)35-25;;/h13-16H,7-12H2,1-6H3,(H4,35,36,37,38,39,40,41,42);1H;/q;;+3/p-3. The molecule has 5 rings (SSSR count). The van der Waals surface area contributed by atoms with Gasteiger partial charge in [0.1, 0.15) is 0 Å². The van der Waals surface area contributed by atoms with Gasteiger partial charge in [0, 0.05) is 23.0 Å². The van der Waals surface area contributed by atoms with E-state index in [0.29, 0.717) is 11.2 Å². The van der Waals surface area contributed by atoms with Gasteiger partial charge in [0.05, 0.1) is 22.8 Å². The summed E-state index contributed by atoms with van der Waals surface area (Å²) in [5.41, 5.74) is 14.4. The smallest absolute Gasteiger partial charge is 0.657 e. The number of nitrogens with zero attached hydrogens (tertiary/aromatic N) is 3. The first-order valence-electron chi connectivity index (χ1n) is 14.5. The zero-order valence-corrected chi connectivity index (χ0v) is 27.7. The Kier molecular flexibility index (Phi) is 11.1. The molecule has 3 aromatic rings. The van der Waals surface area contributed by atoms with E-state index in [-0.39, 0.29) is 55.2 Å². The molecule has 0 unspecified atom stereocenters. The predicted molar refractivity (Wildman–Crippen MR) is 169 cm³/mol. The summed E-state index contributed by atoms with van der Waals surface area (Å²) in [6.45, 7) is 12.3. The van der Waals surface area contributed by atoms with E-state index in [0.717, 1.165) is 79.9 Å². The molecule has 231 valence electrons. The number of H-pyrrole nitrogens is 1. The number of nitrogens with one attached hydrogen (secondary N) is 1. The quantitative estimate of drug-likeness (QED) is 0.337. The molecule has 0 fully saturated rings. The van der Waals surface area contributed by atoms with Gasteiger partial charge in [-0.3, -0.25) is 0 Å². The number of hydrogen-bond donors (Lipinski definition) is 1. The fourth-order valence-electron chi connectivity index (χ4n) is 6.13. The molecule has 2 aliphatic heterocycles. The fourth-order valence-corrected chi connectivity index (χ4v) is 6.13. The third kappa shape index (κ3) is 6.55. The van der Waals surface area contributed by atoms with Gasteiger partial charge in [0.2, 0.25) is 0 Å². The fraction of sp³-hybridized carbons (Fsp3) is 0.353. The van der Waals surface area contributed by atoms with Crippen LogP contribution < -0.4 is 15.2 Å². The Bertz CT molecular complexity index is 1870. The zero-order valence-electron chi connectivity index (χ0n) is 25.8. The Morgan fingerprint density at radius 3 is 1.86 bits per heavy atom. The molecule has 0 saturated heterocycles. The molecule has 1 N–H and O–H groups in total. The maximum Gasteiger partial charge on any atom is 3.00 e. The molecular weight excluding hydrogens is 620 g/mol. The number of carboxylic acids is 2. The second-order valence-electron chi connectivity index (χ2n) is 11.0. The van der Waals surface area contributed by atoms with Crippen LogP contribution in [0, 0.1) is 13.8 Å². The normalized spacial score (nSPS) is 12.7. The van der Waals surface area contributed by atoms with E-state index < -0.39 is 11.9 Å². The number of halogens is 1. The molecular formula is C34H36ClFeN4O4. The van der Waals surface area contributed by atoms with Crippen LogP contribution in [0.15, 0.2) is 24.3 Å². The van der Waals surface area contributed by atoms with E-state index in [2.05, 4.69) is 38.7 Å². The number of carbonyl (C=O) groups is 2. The largest absolute Gasteiger partial charge is 3.00 e. The first-order chi connectivity index (χ1) is 20.0. The average Bonchev–Trinajstić information content (AvgIpc) is 3.59. The van der Waals surface area contributed by atoms with E-state index in [1.807, 2.05) is 32.0 Å². The molecule has 8 nitrogen and oxygen atoms in total. The number of carbonyl (C=O) groups excluding carboxylic acids is 2. The van der Waals surface area contributed by atoms with E-state index >= 15 is 0 Å². The molecule has 0 spiro atoms. The SMILES string of the molecule is CCC1=C(C)c2cc3[n-]c(cc4nc(cc5[nH]c(cc1n2)c(C)c5CC)C(C)=C4CCC(=O)[O-])c(CCC(=O)[O-])c3C.Cl.[Fe+3]. The number of aromatic nitrogens is 4. The molecule has 8 bridgehead atoms. The average molecular weight is 656 g/mol. The van der Waals surface area contributed by atoms with Crippen molar-refractivity contribution in [1.29, 1.82) is 0 Å². The summed E-state index contributed by atoms with van der Waals surface area (Å²) in [4.78, 5) is 41.4. The molecule has 2 aliphatic rings. The number of hydrogen-bond acceptors (Lipinski definition) is 6. The number of allylic oxidation sites excluding steroid dienone is 4. The maximum absolute atomic E-state index is 11.4. The summed E-state index contributed by atoms with van der Waals surface area (Å²) in [5.74, 6) is -2.26. The summed E-state index contributed by atoms with van der Waals surface area (Å²) in [6.07, 6.45) is 1.89. The van der Waals surface area contributed by atoms with Crippen LogP contribution in [0.5, 0.6) is 0 Å². The topological polar surface area (TPSA) is 136 Å². The Morgan fingerprint density at radius 2 is 1.25 bits per heavy atom. The summed E-state index contributed by atoms with van der Waals surface area (Å²) < 4.78 is 0. The first-order valence-corrected chi connectivity index (χ1v) is 14.5. The molecule has 10 heteroatoms. The number of aliphatic carboxylic acids is 2. The monoisotopic (exact) mass is 655 g/mol. The van der Waals surface area contributed by atoms with Crippen LogP contribution in [-0.2, 0) is 39.5 Å². The van der Waals surface area contributed by atoms with E-state index in [1.54, 1.807) is 0 Å². The van der Waals surface area contributed by atoms with Crippen LogP contribution in [0.3, 0.4) is 0 Å². The molecule has 0 aromatic carbocycles. The van der Waals surface area contributed by atoms with Crippen molar-refractivity contribution in [2.24, 2.45) is 0 Å². The molecule has 0 saturated carbocycles. The molecule has 0 aliphatic carbocycles. The van der Waals surface area contributed by atoms with Gasteiger partial charge in [0.15, 0.2) is 0 Å². The van der Waals surface area contributed by atoms with E-state index in [1.165, 1.54) is 11.1 Å². The Morgan fingerprint density at radius 1 is 0.705 bits per heavy atom. The van der Waals surface area contributed by atoms with Crippen LogP contribution in [0.1, 0.15) is 98.4 Å². The number of fused-ring (bicyclic) bond motifs is 8. The number of carboxylic acid groups (broad SMARTS) is 2. The van der Waals surface area contributed by atoms with Crippen molar-refractivity contribution < 1.29 is 36.9 Å². The van der Waals surface area contributed by atoms with E-state index in [4.69, 9.17) is 15.0 Å². The van der Waals surface area contributed by atoms with Gasteiger partial charge in [0.25, 0.3) is 0 Å². The Balaban J connectivity index is 0.00000264. The van der Waals surface area contributed by atoms with Gasteiger partial charge in [-0.2, -0.15) is 0 Å². The van der Waals surface area contributed by atoms with Gasteiger partial charge < -0.3 is 29.8 Å². The second kappa shape index (κ2) is 14.0. The van der Waals surface area contributed by atoms with Crippen molar-refractivity contribution in [1.82, 2.24) is 19.9 Å². The summed E-state index contributed by atoms with van der Waals surface area (Å²) in [6, 6.07) is 7.96. The van der Waals surface area contributed by atoms with Crippen LogP contribution in [0.4, 0.5) is 0 Å². The van der Waals surface area contributed by atoms with Crippen molar-refractivity contribution in [3.8, 4) is 0 Å². The molecule has 0 atom stereocenters. The Hall–Kier alpha value is -3.65. The minimum Gasteiger partial charge on any atom is -0.657 e. The minimum atomic E-state index is -1.13. The molecule has 0 amide bonds. The van der Waals surface area contributed by atoms with Crippen LogP contribution in [-0.4, -0.2) is 26.9 Å². The zero-order chi connectivity index (χ0) is 30.3. The van der Waals surface area contributed by atoms with Crippen molar-refractivity contribution in [2.45, 2.75) is 80.1 Å². The third-order valence-electron chi connectivity index (χ3n) is 8.59. The number of aryl methyl sites for hydroxylation is 4. The second-order valence-corrected chi connectivity index (χ2v) is 11.0.